The predicted molar refractivity (Wildman–Crippen MR) is 109 cm³/mol. The van der Waals surface area contributed by atoms with E-state index in [4.69, 9.17) is 9.15 Å². The Hall–Kier alpha value is -2.54. The minimum atomic E-state index is 0.0790. The molecule has 0 aliphatic carbocycles. The highest BCUT2D eigenvalue weighted by molar-refractivity contribution is 7.99. The van der Waals surface area contributed by atoms with Crippen molar-refractivity contribution < 1.29 is 13.9 Å². The van der Waals surface area contributed by atoms with Crippen molar-refractivity contribution in [2.24, 2.45) is 0 Å². The summed E-state index contributed by atoms with van der Waals surface area (Å²) in [7, 11) is 1.64. The number of Topliss-reactive ketones (excluding diaryl/α,β-unsaturated/α-hetero) is 1. The van der Waals surface area contributed by atoms with Gasteiger partial charge in [0, 0.05) is 23.5 Å². The van der Waals surface area contributed by atoms with Crippen LogP contribution >= 0.6 is 11.8 Å². The van der Waals surface area contributed by atoms with Crippen molar-refractivity contribution in [2.45, 2.75) is 45.4 Å². The Bertz CT molecular complexity index is 944. The molecule has 2 aromatic heterocycles. The molecule has 148 valence electrons. The molecule has 0 aliphatic rings. The third-order valence-electron chi connectivity index (χ3n) is 4.61. The molecule has 0 N–H and O–H groups in total. The molecule has 28 heavy (non-hydrogen) atoms. The predicted octanol–water partition coefficient (Wildman–Crippen LogP) is 4.47. The summed E-state index contributed by atoms with van der Waals surface area (Å²) in [5.41, 5.74) is 3.97. The minimum Gasteiger partial charge on any atom is -0.497 e. The van der Waals surface area contributed by atoms with Crippen LogP contribution in [0.1, 0.15) is 46.5 Å². The van der Waals surface area contributed by atoms with Crippen LogP contribution in [-0.2, 0) is 13.0 Å². The Morgan fingerprint density at radius 2 is 1.96 bits per heavy atom. The smallest absolute Gasteiger partial charge is 0.277 e. The maximum atomic E-state index is 12.6. The summed E-state index contributed by atoms with van der Waals surface area (Å²) in [5.74, 6) is 1.69. The molecular formula is C21H25N3O3S. The van der Waals surface area contributed by atoms with Crippen molar-refractivity contribution in [3.05, 3.63) is 58.7 Å². The number of ether oxygens (including phenoxy) is 1. The van der Waals surface area contributed by atoms with Gasteiger partial charge in [0.25, 0.3) is 5.22 Å². The molecule has 0 atom stereocenters. The van der Waals surface area contributed by atoms with Crippen LogP contribution in [0.15, 0.2) is 40.0 Å². The quantitative estimate of drug-likeness (QED) is 0.390. The van der Waals surface area contributed by atoms with E-state index in [1.807, 2.05) is 44.2 Å². The van der Waals surface area contributed by atoms with Gasteiger partial charge < -0.3 is 13.7 Å². The molecule has 0 unspecified atom stereocenters. The first-order valence-electron chi connectivity index (χ1n) is 9.29. The second kappa shape index (κ2) is 9.10. The molecule has 0 aliphatic heterocycles. The maximum absolute atomic E-state index is 12.6. The fourth-order valence-corrected chi connectivity index (χ4v) is 3.81. The zero-order valence-electron chi connectivity index (χ0n) is 16.7. The Morgan fingerprint density at radius 3 is 2.64 bits per heavy atom. The number of benzene rings is 1. The average Bonchev–Trinajstić information content (AvgIpc) is 3.26. The second-order valence-corrected chi connectivity index (χ2v) is 7.56. The molecule has 1 aromatic carbocycles. The molecule has 0 saturated carbocycles. The van der Waals surface area contributed by atoms with E-state index in [-0.39, 0.29) is 11.5 Å². The highest BCUT2D eigenvalue weighted by Crippen LogP contribution is 2.22. The topological polar surface area (TPSA) is 70.2 Å². The van der Waals surface area contributed by atoms with E-state index in [0.29, 0.717) is 17.5 Å². The van der Waals surface area contributed by atoms with Gasteiger partial charge in [-0.1, -0.05) is 30.8 Å². The number of rotatable bonds is 9. The minimum absolute atomic E-state index is 0.0790. The van der Waals surface area contributed by atoms with E-state index >= 15 is 0 Å². The number of ketones is 1. The maximum Gasteiger partial charge on any atom is 0.277 e. The highest BCUT2D eigenvalue weighted by Gasteiger charge is 2.17. The van der Waals surface area contributed by atoms with Crippen molar-refractivity contribution >= 4 is 17.5 Å². The van der Waals surface area contributed by atoms with Gasteiger partial charge in [0.1, 0.15) is 5.75 Å². The Labute approximate surface area is 169 Å². The number of carbonyl (C=O) groups is 1. The number of aromatic nitrogens is 3. The van der Waals surface area contributed by atoms with E-state index in [1.165, 1.54) is 11.8 Å². The SMILES string of the molecule is CCCn1c(C)cc(C(=O)CSc2nnc(Cc3ccc(OC)cc3)o2)c1C. The van der Waals surface area contributed by atoms with Gasteiger partial charge in [0.05, 0.1) is 19.3 Å². The molecule has 3 rings (SSSR count). The largest absolute Gasteiger partial charge is 0.497 e. The number of thioether (sulfide) groups is 1. The number of nitrogens with zero attached hydrogens (tertiary/aromatic N) is 3. The van der Waals surface area contributed by atoms with Crippen LogP contribution in [0.25, 0.3) is 0 Å². The van der Waals surface area contributed by atoms with Gasteiger partial charge in [0.2, 0.25) is 5.89 Å². The zero-order valence-corrected chi connectivity index (χ0v) is 17.5. The first kappa shape index (κ1) is 20.2. The molecular weight excluding hydrogens is 374 g/mol. The third-order valence-corrected chi connectivity index (χ3v) is 5.43. The second-order valence-electron chi connectivity index (χ2n) is 6.63. The van der Waals surface area contributed by atoms with Gasteiger partial charge in [-0.15, -0.1) is 10.2 Å². The molecule has 7 heteroatoms. The lowest BCUT2D eigenvalue weighted by Gasteiger charge is -2.07. The molecule has 6 nitrogen and oxygen atoms in total. The van der Waals surface area contributed by atoms with Gasteiger partial charge in [0.15, 0.2) is 5.78 Å². The summed E-state index contributed by atoms with van der Waals surface area (Å²) in [5, 5.41) is 8.55. The van der Waals surface area contributed by atoms with Crippen LogP contribution in [0.5, 0.6) is 5.75 Å². The van der Waals surface area contributed by atoms with Crippen molar-refractivity contribution in [3.63, 3.8) is 0 Å². The van der Waals surface area contributed by atoms with Crippen LogP contribution in [0.2, 0.25) is 0 Å². The monoisotopic (exact) mass is 399 g/mol. The van der Waals surface area contributed by atoms with Gasteiger partial charge in [-0.05, 0) is 44.0 Å². The van der Waals surface area contributed by atoms with Gasteiger partial charge in [-0.3, -0.25) is 4.79 Å². The van der Waals surface area contributed by atoms with Crippen LogP contribution in [0, 0.1) is 13.8 Å². The average molecular weight is 400 g/mol. The van der Waals surface area contributed by atoms with Crippen molar-refractivity contribution in [2.75, 3.05) is 12.9 Å². The molecule has 2 heterocycles. The number of aryl methyl sites for hydroxylation is 1. The normalized spacial score (nSPS) is 11.0. The lowest BCUT2D eigenvalue weighted by Crippen LogP contribution is -2.06. The van der Waals surface area contributed by atoms with Crippen LogP contribution in [0.4, 0.5) is 0 Å². The summed E-state index contributed by atoms with van der Waals surface area (Å²) in [4.78, 5) is 12.6. The Morgan fingerprint density at radius 1 is 1.21 bits per heavy atom. The molecule has 0 fully saturated rings. The van der Waals surface area contributed by atoms with Crippen LogP contribution < -0.4 is 4.74 Å². The number of hydrogen-bond donors (Lipinski definition) is 0. The molecule has 0 amide bonds. The van der Waals surface area contributed by atoms with Crippen molar-refractivity contribution in [1.29, 1.82) is 0 Å². The summed E-state index contributed by atoms with van der Waals surface area (Å²) in [6.45, 7) is 7.10. The summed E-state index contributed by atoms with van der Waals surface area (Å²) in [6.07, 6.45) is 1.58. The van der Waals surface area contributed by atoms with E-state index in [2.05, 4.69) is 21.7 Å². The highest BCUT2D eigenvalue weighted by atomic mass is 32.2. The van der Waals surface area contributed by atoms with Gasteiger partial charge >= 0.3 is 0 Å². The molecule has 0 radical (unpaired) electrons. The summed E-state index contributed by atoms with van der Waals surface area (Å²) < 4.78 is 13.0. The number of carbonyl (C=O) groups excluding carboxylic acids is 1. The summed E-state index contributed by atoms with van der Waals surface area (Å²) in [6, 6.07) is 9.69. The fraction of sp³-hybridized carbons (Fsp3) is 0.381. The Balaban J connectivity index is 1.59. The molecule has 0 saturated heterocycles. The van der Waals surface area contributed by atoms with E-state index in [9.17, 15) is 4.79 Å². The summed E-state index contributed by atoms with van der Waals surface area (Å²) >= 11 is 1.28. The zero-order chi connectivity index (χ0) is 20.1. The molecule has 0 spiro atoms. The first-order chi connectivity index (χ1) is 13.5. The van der Waals surface area contributed by atoms with Crippen LogP contribution in [0.3, 0.4) is 0 Å². The van der Waals surface area contributed by atoms with E-state index < -0.39 is 0 Å². The molecule has 0 bridgehead atoms. The number of methoxy groups -OCH3 is 1. The van der Waals surface area contributed by atoms with Crippen molar-refractivity contribution in [3.8, 4) is 5.75 Å². The van der Waals surface area contributed by atoms with E-state index in [0.717, 1.165) is 41.2 Å². The van der Waals surface area contributed by atoms with Gasteiger partial charge in [-0.25, -0.2) is 0 Å². The first-order valence-corrected chi connectivity index (χ1v) is 10.3. The standard InChI is InChI=1S/C21H25N3O3S/c1-5-10-24-14(2)11-18(15(24)3)19(25)13-28-21-23-22-20(27-21)12-16-6-8-17(26-4)9-7-16/h6-9,11H,5,10,12-13H2,1-4H3. The van der Waals surface area contributed by atoms with Crippen LogP contribution in [-0.4, -0.2) is 33.4 Å². The fourth-order valence-electron chi connectivity index (χ4n) is 3.14. The molecule has 3 aromatic rings. The third kappa shape index (κ3) is 4.65. The van der Waals surface area contributed by atoms with Crippen molar-refractivity contribution in [1.82, 2.24) is 14.8 Å². The Kier molecular flexibility index (Phi) is 6.57. The lowest BCUT2D eigenvalue weighted by molar-refractivity contribution is 0.102. The number of hydrogen-bond acceptors (Lipinski definition) is 6. The lowest BCUT2D eigenvalue weighted by atomic mass is 10.1. The van der Waals surface area contributed by atoms with E-state index in [1.54, 1.807) is 7.11 Å². The van der Waals surface area contributed by atoms with Gasteiger partial charge in [-0.2, -0.15) is 0 Å².